The number of halogens is 3. The lowest BCUT2D eigenvalue weighted by molar-refractivity contribution is -0.189. The first-order chi connectivity index (χ1) is 9.39. The van der Waals surface area contributed by atoms with E-state index in [1.165, 1.54) is 0 Å². The minimum absolute atomic E-state index is 0.203. The highest BCUT2D eigenvalue weighted by Crippen LogP contribution is 2.43. The molecule has 0 aromatic rings. The fourth-order valence-corrected chi connectivity index (χ4v) is 3.64. The minimum Gasteiger partial charge on any atom is -0.381 e. The van der Waals surface area contributed by atoms with Gasteiger partial charge in [-0.2, -0.15) is 13.2 Å². The van der Waals surface area contributed by atoms with Gasteiger partial charge < -0.3 is 10.5 Å². The maximum atomic E-state index is 12.8. The summed E-state index contributed by atoms with van der Waals surface area (Å²) in [6.07, 6.45) is -0.675. The number of alkyl halides is 3. The summed E-state index contributed by atoms with van der Waals surface area (Å²) >= 11 is 0. The van der Waals surface area contributed by atoms with E-state index in [1.54, 1.807) is 0 Å². The van der Waals surface area contributed by atoms with E-state index in [2.05, 4.69) is 4.90 Å². The van der Waals surface area contributed by atoms with Crippen LogP contribution in [-0.4, -0.2) is 49.5 Å². The van der Waals surface area contributed by atoms with Gasteiger partial charge in [0.25, 0.3) is 0 Å². The molecular formula is C14H25F3N2O. The van der Waals surface area contributed by atoms with Gasteiger partial charge in [0.1, 0.15) is 0 Å². The van der Waals surface area contributed by atoms with Crippen LogP contribution in [0.5, 0.6) is 0 Å². The summed E-state index contributed by atoms with van der Waals surface area (Å²) in [5.74, 6) is -1.15. The van der Waals surface area contributed by atoms with Crippen LogP contribution >= 0.6 is 0 Å². The molecule has 0 radical (unpaired) electrons. The van der Waals surface area contributed by atoms with Gasteiger partial charge in [0, 0.05) is 31.3 Å². The van der Waals surface area contributed by atoms with Gasteiger partial charge in [-0.1, -0.05) is 0 Å². The molecule has 118 valence electrons. The molecular weight excluding hydrogens is 269 g/mol. The van der Waals surface area contributed by atoms with E-state index in [0.29, 0.717) is 25.4 Å². The number of nitrogens with two attached hydrogens (primary N) is 1. The summed E-state index contributed by atoms with van der Waals surface area (Å²) in [5.41, 5.74) is 5.69. The summed E-state index contributed by atoms with van der Waals surface area (Å²) in [6, 6.07) is 0.384. The second kappa shape index (κ2) is 6.20. The Labute approximate surface area is 118 Å². The summed E-state index contributed by atoms with van der Waals surface area (Å²) in [7, 11) is 2.02. The standard InChI is InChI=1S/C14H25F3N2O/c1-19(12-4-8-20-9-5-12)13(10-18)6-2-11(3-7-13)14(15,16)17/h11-12H,2-10,18H2,1H3. The Bertz CT molecular complexity index is 308. The highest BCUT2D eigenvalue weighted by molar-refractivity contribution is 4.98. The van der Waals surface area contributed by atoms with Crippen LogP contribution in [0.1, 0.15) is 38.5 Å². The van der Waals surface area contributed by atoms with Crippen LogP contribution in [0.3, 0.4) is 0 Å². The minimum atomic E-state index is -4.06. The normalized spacial score (nSPS) is 33.6. The average Bonchev–Trinajstić information content (AvgIpc) is 2.46. The van der Waals surface area contributed by atoms with E-state index in [0.717, 1.165) is 26.1 Å². The van der Waals surface area contributed by atoms with Crippen molar-refractivity contribution in [3.63, 3.8) is 0 Å². The van der Waals surface area contributed by atoms with Crippen molar-refractivity contribution in [2.45, 2.75) is 56.3 Å². The van der Waals surface area contributed by atoms with Crippen molar-refractivity contribution in [3.05, 3.63) is 0 Å². The molecule has 3 nitrogen and oxygen atoms in total. The van der Waals surface area contributed by atoms with Crippen LogP contribution in [0.15, 0.2) is 0 Å². The molecule has 20 heavy (non-hydrogen) atoms. The van der Waals surface area contributed by atoms with Gasteiger partial charge in [0.2, 0.25) is 0 Å². The predicted octanol–water partition coefficient (Wildman–Crippen LogP) is 2.55. The Morgan fingerprint density at radius 3 is 2.15 bits per heavy atom. The molecule has 2 rings (SSSR count). The first-order valence-electron chi connectivity index (χ1n) is 7.46. The van der Waals surface area contributed by atoms with Crippen molar-refractivity contribution >= 4 is 0 Å². The topological polar surface area (TPSA) is 38.5 Å². The lowest BCUT2D eigenvalue weighted by Crippen LogP contribution is -2.59. The molecule has 0 unspecified atom stereocenters. The highest BCUT2D eigenvalue weighted by Gasteiger charge is 2.47. The zero-order valence-electron chi connectivity index (χ0n) is 12.1. The first-order valence-corrected chi connectivity index (χ1v) is 7.46. The third-order valence-corrected chi connectivity index (χ3v) is 5.25. The maximum absolute atomic E-state index is 12.8. The fraction of sp³-hybridized carbons (Fsp3) is 1.00. The third kappa shape index (κ3) is 3.28. The van der Waals surface area contributed by atoms with Gasteiger partial charge in [-0.15, -0.1) is 0 Å². The quantitative estimate of drug-likeness (QED) is 0.869. The lowest BCUT2D eigenvalue weighted by atomic mass is 9.74. The van der Waals surface area contributed by atoms with Crippen molar-refractivity contribution in [2.24, 2.45) is 11.7 Å². The highest BCUT2D eigenvalue weighted by atomic mass is 19.4. The van der Waals surface area contributed by atoms with Crippen molar-refractivity contribution in [2.75, 3.05) is 26.8 Å². The van der Waals surface area contributed by atoms with Crippen molar-refractivity contribution in [1.82, 2.24) is 4.90 Å². The summed E-state index contributed by atoms with van der Waals surface area (Å²) < 4.78 is 43.7. The molecule has 6 heteroatoms. The zero-order chi connectivity index (χ0) is 14.8. The molecule has 2 N–H and O–H groups in total. The van der Waals surface area contributed by atoms with E-state index >= 15 is 0 Å². The lowest BCUT2D eigenvalue weighted by Gasteiger charge is -2.50. The second-order valence-electron chi connectivity index (χ2n) is 6.20. The van der Waals surface area contributed by atoms with Crippen LogP contribution in [0.2, 0.25) is 0 Å². The van der Waals surface area contributed by atoms with Gasteiger partial charge >= 0.3 is 6.18 Å². The Morgan fingerprint density at radius 2 is 1.70 bits per heavy atom. The Balaban J connectivity index is 2.00. The number of nitrogens with zero attached hydrogens (tertiary/aromatic N) is 1. The number of rotatable bonds is 3. The monoisotopic (exact) mass is 294 g/mol. The van der Waals surface area contributed by atoms with Crippen molar-refractivity contribution in [1.29, 1.82) is 0 Å². The molecule has 0 atom stereocenters. The summed E-state index contributed by atoms with van der Waals surface area (Å²) in [5, 5.41) is 0. The summed E-state index contributed by atoms with van der Waals surface area (Å²) in [4.78, 5) is 2.25. The van der Waals surface area contributed by atoms with E-state index in [1.807, 2.05) is 7.05 Å². The van der Waals surface area contributed by atoms with Gasteiger partial charge in [0.15, 0.2) is 0 Å². The Hall–Kier alpha value is -0.330. The molecule has 1 saturated heterocycles. The van der Waals surface area contributed by atoms with Gasteiger partial charge in [-0.3, -0.25) is 4.90 Å². The molecule has 0 bridgehead atoms. The second-order valence-corrected chi connectivity index (χ2v) is 6.20. The smallest absolute Gasteiger partial charge is 0.381 e. The SMILES string of the molecule is CN(C1CCOCC1)C1(CN)CCC(C(F)(F)F)CC1. The molecule has 0 spiro atoms. The molecule has 0 aromatic heterocycles. The predicted molar refractivity (Wildman–Crippen MR) is 71.4 cm³/mol. The molecule has 0 aromatic carbocycles. The van der Waals surface area contributed by atoms with Crippen LogP contribution < -0.4 is 5.73 Å². The molecule has 1 saturated carbocycles. The summed E-state index contributed by atoms with van der Waals surface area (Å²) in [6.45, 7) is 1.91. The number of ether oxygens (including phenoxy) is 1. The van der Waals surface area contributed by atoms with E-state index in [4.69, 9.17) is 10.5 Å². The first kappa shape index (κ1) is 16.0. The van der Waals surface area contributed by atoms with Gasteiger partial charge in [-0.25, -0.2) is 0 Å². The third-order valence-electron chi connectivity index (χ3n) is 5.25. The fourth-order valence-electron chi connectivity index (χ4n) is 3.64. The number of hydrogen-bond acceptors (Lipinski definition) is 3. The number of likely N-dealkylation sites (N-methyl/N-ethyl adjacent to an activating group) is 1. The zero-order valence-corrected chi connectivity index (χ0v) is 12.1. The molecule has 1 heterocycles. The van der Waals surface area contributed by atoms with Crippen LogP contribution in [0.25, 0.3) is 0 Å². The Kier molecular flexibility index (Phi) is 4.97. The molecule has 0 amide bonds. The maximum Gasteiger partial charge on any atom is 0.391 e. The number of hydrogen-bond donors (Lipinski definition) is 1. The Morgan fingerprint density at radius 1 is 1.15 bits per heavy atom. The van der Waals surface area contributed by atoms with Crippen molar-refractivity contribution in [3.8, 4) is 0 Å². The van der Waals surface area contributed by atoms with E-state index in [-0.39, 0.29) is 18.4 Å². The average molecular weight is 294 g/mol. The van der Waals surface area contributed by atoms with E-state index in [9.17, 15) is 13.2 Å². The van der Waals surface area contributed by atoms with Gasteiger partial charge in [-0.05, 0) is 45.6 Å². The largest absolute Gasteiger partial charge is 0.391 e. The molecule has 1 aliphatic carbocycles. The van der Waals surface area contributed by atoms with Gasteiger partial charge in [0.05, 0.1) is 5.92 Å². The van der Waals surface area contributed by atoms with Crippen LogP contribution in [0.4, 0.5) is 13.2 Å². The molecule has 1 aliphatic heterocycles. The van der Waals surface area contributed by atoms with Crippen molar-refractivity contribution < 1.29 is 17.9 Å². The van der Waals surface area contributed by atoms with Crippen LogP contribution in [-0.2, 0) is 4.74 Å². The van der Waals surface area contributed by atoms with E-state index < -0.39 is 12.1 Å². The van der Waals surface area contributed by atoms with Crippen LogP contribution in [0, 0.1) is 5.92 Å². The molecule has 2 aliphatic rings. The molecule has 2 fully saturated rings.